The molecule has 1 aliphatic carbocycles. The minimum absolute atomic E-state index is 0.313. The number of rotatable bonds is 4. The average Bonchev–Trinajstić information content (AvgIpc) is 2.63. The molecular formula is C16H25NOS. The van der Waals surface area contributed by atoms with Crippen LogP contribution < -0.4 is 5.32 Å². The van der Waals surface area contributed by atoms with Crippen LogP contribution in [0, 0.1) is 6.92 Å². The molecule has 0 aromatic heterocycles. The number of nitrogens with one attached hydrogen (secondary N) is 1. The highest BCUT2D eigenvalue weighted by atomic mass is 32.2. The first-order chi connectivity index (χ1) is 9.20. The highest BCUT2D eigenvalue weighted by Gasteiger charge is 2.27. The standard InChI is InChI=1S/C16H25NOS/c1-13-7-6-8-14(11-13)12-19(18)16-10-5-3-4-9-15(16)17-2/h6-8,11,15-17H,3-5,9-10,12H2,1-2H3. The van der Waals surface area contributed by atoms with Gasteiger partial charge in [0.25, 0.3) is 0 Å². The van der Waals surface area contributed by atoms with Crippen LogP contribution >= 0.6 is 0 Å². The van der Waals surface area contributed by atoms with Crippen LogP contribution in [0.5, 0.6) is 0 Å². The number of hydrogen-bond donors (Lipinski definition) is 1. The van der Waals surface area contributed by atoms with Crippen molar-refractivity contribution in [1.82, 2.24) is 5.32 Å². The molecule has 1 saturated carbocycles. The highest BCUT2D eigenvalue weighted by Crippen LogP contribution is 2.23. The van der Waals surface area contributed by atoms with Gasteiger partial charge in [-0.1, -0.05) is 49.1 Å². The van der Waals surface area contributed by atoms with Gasteiger partial charge < -0.3 is 5.32 Å². The molecule has 0 aliphatic heterocycles. The van der Waals surface area contributed by atoms with Crippen molar-refractivity contribution >= 4 is 10.8 Å². The summed E-state index contributed by atoms with van der Waals surface area (Å²) in [5.41, 5.74) is 2.46. The summed E-state index contributed by atoms with van der Waals surface area (Å²) >= 11 is 0. The normalized spacial score (nSPS) is 25.8. The number of benzene rings is 1. The second kappa shape index (κ2) is 7.20. The predicted octanol–water partition coefficient (Wildman–Crippen LogP) is 3.16. The van der Waals surface area contributed by atoms with E-state index in [1.54, 1.807) is 0 Å². The summed E-state index contributed by atoms with van der Waals surface area (Å²) in [7, 11) is 1.24. The molecule has 2 rings (SSSR count). The Bertz CT molecular complexity index is 433. The van der Waals surface area contributed by atoms with Gasteiger partial charge in [-0.25, -0.2) is 0 Å². The lowest BCUT2D eigenvalue weighted by molar-refractivity contribution is 0.499. The fourth-order valence-electron chi connectivity index (χ4n) is 2.99. The smallest absolute Gasteiger partial charge is 0.0504 e. The van der Waals surface area contributed by atoms with Gasteiger partial charge >= 0.3 is 0 Å². The summed E-state index contributed by atoms with van der Waals surface area (Å²) in [4.78, 5) is 0. The Kier molecular flexibility index (Phi) is 5.59. The molecular weight excluding hydrogens is 254 g/mol. The van der Waals surface area contributed by atoms with Crippen LogP contribution in [-0.4, -0.2) is 22.5 Å². The highest BCUT2D eigenvalue weighted by molar-refractivity contribution is 7.84. The van der Waals surface area contributed by atoms with E-state index in [0.29, 0.717) is 17.0 Å². The fourth-order valence-corrected chi connectivity index (χ4v) is 4.78. The van der Waals surface area contributed by atoms with Gasteiger partial charge in [0.1, 0.15) is 0 Å². The third-order valence-electron chi connectivity index (χ3n) is 4.05. The molecule has 0 saturated heterocycles. The molecule has 0 amide bonds. The van der Waals surface area contributed by atoms with Crippen molar-refractivity contribution < 1.29 is 4.21 Å². The van der Waals surface area contributed by atoms with Crippen LogP contribution in [0.2, 0.25) is 0 Å². The van der Waals surface area contributed by atoms with Gasteiger partial charge in [-0.3, -0.25) is 4.21 Å². The Morgan fingerprint density at radius 2 is 2.05 bits per heavy atom. The van der Waals surface area contributed by atoms with E-state index in [4.69, 9.17) is 0 Å². The van der Waals surface area contributed by atoms with Crippen LogP contribution in [0.25, 0.3) is 0 Å². The molecule has 0 radical (unpaired) electrons. The van der Waals surface area contributed by atoms with Crippen molar-refractivity contribution in [2.24, 2.45) is 0 Å². The first kappa shape index (κ1) is 14.7. The minimum Gasteiger partial charge on any atom is -0.316 e. The van der Waals surface area contributed by atoms with Crippen LogP contribution in [-0.2, 0) is 16.6 Å². The summed E-state index contributed by atoms with van der Waals surface area (Å²) in [5.74, 6) is 0.699. The van der Waals surface area contributed by atoms with Gasteiger partial charge in [0.05, 0.1) is 5.25 Å². The first-order valence-electron chi connectivity index (χ1n) is 7.30. The Morgan fingerprint density at radius 3 is 2.79 bits per heavy atom. The third kappa shape index (κ3) is 4.15. The maximum absolute atomic E-state index is 12.7. The Balaban J connectivity index is 2.04. The second-order valence-electron chi connectivity index (χ2n) is 5.59. The Hall–Kier alpha value is -0.670. The molecule has 19 heavy (non-hydrogen) atoms. The van der Waals surface area contributed by atoms with Crippen molar-refractivity contribution in [3.8, 4) is 0 Å². The van der Waals surface area contributed by atoms with Gasteiger partial charge in [0.15, 0.2) is 0 Å². The number of hydrogen-bond acceptors (Lipinski definition) is 2. The molecule has 1 N–H and O–H groups in total. The zero-order chi connectivity index (χ0) is 13.7. The van der Waals surface area contributed by atoms with Gasteiger partial charge in [0, 0.05) is 22.6 Å². The molecule has 106 valence electrons. The molecule has 2 nitrogen and oxygen atoms in total. The lowest BCUT2D eigenvalue weighted by atomic mass is 10.1. The molecule has 3 unspecified atom stereocenters. The van der Waals surface area contributed by atoms with Crippen LogP contribution in [0.3, 0.4) is 0 Å². The van der Waals surface area contributed by atoms with Crippen LogP contribution in [0.4, 0.5) is 0 Å². The van der Waals surface area contributed by atoms with E-state index in [0.717, 1.165) is 6.42 Å². The molecule has 0 spiro atoms. The SMILES string of the molecule is CNC1CCCCCC1S(=O)Cc1cccc(C)c1. The zero-order valence-corrected chi connectivity index (χ0v) is 12.8. The maximum atomic E-state index is 12.7. The van der Waals surface area contributed by atoms with E-state index in [1.165, 1.54) is 36.8 Å². The molecule has 1 aromatic rings. The van der Waals surface area contributed by atoms with E-state index in [9.17, 15) is 4.21 Å². The van der Waals surface area contributed by atoms with Crippen LogP contribution in [0.1, 0.15) is 43.2 Å². The average molecular weight is 279 g/mol. The monoisotopic (exact) mass is 279 g/mol. The minimum atomic E-state index is -0.769. The molecule has 1 aromatic carbocycles. The lowest BCUT2D eigenvalue weighted by Gasteiger charge is -2.24. The molecule has 1 fully saturated rings. The molecule has 3 heteroatoms. The summed E-state index contributed by atoms with van der Waals surface area (Å²) < 4.78 is 12.7. The van der Waals surface area contributed by atoms with Gasteiger partial charge in [-0.2, -0.15) is 0 Å². The summed E-state index contributed by atoms with van der Waals surface area (Å²) in [6.07, 6.45) is 6.05. The van der Waals surface area contributed by atoms with Gasteiger partial charge in [-0.05, 0) is 32.4 Å². The fraction of sp³-hybridized carbons (Fsp3) is 0.625. The summed E-state index contributed by atoms with van der Waals surface area (Å²) in [6, 6.07) is 8.82. The Morgan fingerprint density at radius 1 is 1.26 bits per heavy atom. The van der Waals surface area contributed by atoms with Gasteiger partial charge in [-0.15, -0.1) is 0 Å². The molecule has 3 atom stereocenters. The third-order valence-corrected chi connectivity index (χ3v) is 5.91. The lowest BCUT2D eigenvalue weighted by Crippen LogP contribution is -2.39. The molecule has 1 aliphatic rings. The van der Waals surface area contributed by atoms with Crippen molar-refractivity contribution in [2.75, 3.05) is 7.05 Å². The largest absolute Gasteiger partial charge is 0.316 e. The van der Waals surface area contributed by atoms with Crippen molar-refractivity contribution in [3.05, 3.63) is 35.4 Å². The summed E-state index contributed by atoms with van der Waals surface area (Å²) in [5, 5.41) is 3.69. The zero-order valence-electron chi connectivity index (χ0n) is 12.0. The summed E-state index contributed by atoms with van der Waals surface area (Å²) in [6.45, 7) is 2.09. The predicted molar refractivity (Wildman–Crippen MR) is 82.7 cm³/mol. The van der Waals surface area contributed by atoms with Crippen LogP contribution in [0.15, 0.2) is 24.3 Å². The van der Waals surface area contributed by atoms with E-state index in [-0.39, 0.29) is 0 Å². The molecule has 0 bridgehead atoms. The van der Waals surface area contributed by atoms with E-state index < -0.39 is 10.8 Å². The van der Waals surface area contributed by atoms with Crippen molar-refractivity contribution in [1.29, 1.82) is 0 Å². The second-order valence-corrected chi connectivity index (χ2v) is 7.24. The van der Waals surface area contributed by atoms with Crippen molar-refractivity contribution in [2.45, 2.75) is 56.1 Å². The van der Waals surface area contributed by atoms with E-state index >= 15 is 0 Å². The number of aryl methyl sites for hydroxylation is 1. The quantitative estimate of drug-likeness (QED) is 0.858. The molecule has 0 heterocycles. The Labute approximate surface area is 119 Å². The van der Waals surface area contributed by atoms with E-state index in [2.05, 4.69) is 36.5 Å². The van der Waals surface area contributed by atoms with E-state index in [1.807, 2.05) is 7.05 Å². The maximum Gasteiger partial charge on any atom is 0.0504 e. The first-order valence-corrected chi connectivity index (χ1v) is 8.69. The topological polar surface area (TPSA) is 29.1 Å². The van der Waals surface area contributed by atoms with Gasteiger partial charge in [0.2, 0.25) is 0 Å². The van der Waals surface area contributed by atoms with Crippen molar-refractivity contribution in [3.63, 3.8) is 0 Å².